The van der Waals surface area contributed by atoms with Crippen molar-refractivity contribution in [3.05, 3.63) is 24.3 Å². The van der Waals surface area contributed by atoms with Crippen molar-refractivity contribution in [1.29, 1.82) is 0 Å². The predicted octanol–water partition coefficient (Wildman–Crippen LogP) is -0.00790. The SMILES string of the molecule is COC(=O)[C@H]1CC(O)CN1S(=O)(=O)c1ccc(OC)cc1. The number of nitrogens with zero attached hydrogens (tertiary/aromatic N) is 1. The van der Waals surface area contributed by atoms with Crippen molar-refractivity contribution in [3.8, 4) is 5.75 Å². The highest BCUT2D eigenvalue weighted by molar-refractivity contribution is 7.89. The highest BCUT2D eigenvalue weighted by atomic mass is 32.2. The summed E-state index contributed by atoms with van der Waals surface area (Å²) < 4.78 is 35.7. The number of hydrogen-bond donors (Lipinski definition) is 1. The van der Waals surface area contributed by atoms with Gasteiger partial charge in [-0.05, 0) is 24.3 Å². The largest absolute Gasteiger partial charge is 0.497 e. The fraction of sp³-hybridized carbons (Fsp3) is 0.462. The van der Waals surface area contributed by atoms with E-state index in [4.69, 9.17) is 4.74 Å². The van der Waals surface area contributed by atoms with Crippen LogP contribution in [0.4, 0.5) is 0 Å². The fourth-order valence-corrected chi connectivity index (χ4v) is 3.91. The molecule has 1 aliphatic heterocycles. The Balaban J connectivity index is 2.34. The van der Waals surface area contributed by atoms with Gasteiger partial charge in [-0.15, -0.1) is 0 Å². The molecule has 2 atom stereocenters. The average Bonchev–Trinajstić information content (AvgIpc) is 2.89. The van der Waals surface area contributed by atoms with Gasteiger partial charge >= 0.3 is 5.97 Å². The first kappa shape index (κ1) is 15.7. The lowest BCUT2D eigenvalue weighted by atomic mass is 10.2. The van der Waals surface area contributed by atoms with Crippen molar-refractivity contribution in [2.45, 2.75) is 23.5 Å². The normalized spacial score (nSPS) is 23.0. The number of ether oxygens (including phenoxy) is 2. The molecule has 1 aliphatic rings. The topological polar surface area (TPSA) is 93.1 Å². The number of aliphatic hydroxyl groups excluding tert-OH is 1. The second-order valence-electron chi connectivity index (χ2n) is 4.68. The molecule has 1 aromatic carbocycles. The zero-order valence-electron chi connectivity index (χ0n) is 11.7. The Labute approximate surface area is 123 Å². The van der Waals surface area contributed by atoms with Gasteiger partial charge in [-0.1, -0.05) is 0 Å². The summed E-state index contributed by atoms with van der Waals surface area (Å²) >= 11 is 0. The van der Waals surface area contributed by atoms with Gasteiger partial charge in [0.05, 0.1) is 25.2 Å². The number of methoxy groups -OCH3 is 2. The van der Waals surface area contributed by atoms with E-state index < -0.39 is 28.1 Å². The number of benzene rings is 1. The molecule has 0 bridgehead atoms. The molecule has 116 valence electrons. The average molecular weight is 315 g/mol. The van der Waals surface area contributed by atoms with Crippen molar-refractivity contribution in [2.75, 3.05) is 20.8 Å². The van der Waals surface area contributed by atoms with E-state index in [1.54, 1.807) is 0 Å². The Hall–Kier alpha value is -1.64. The fourth-order valence-electron chi connectivity index (χ4n) is 2.28. The number of sulfonamides is 1. The van der Waals surface area contributed by atoms with E-state index in [0.29, 0.717) is 5.75 Å². The van der Waals surface area contributed by atoms with Crippen LogP contribution in [-0.2, 0) is 19.6 Å². The first-order chi connectivity index (χ1) is 9.90. The third-order valence-corrected chi connectivity index (χ3v) is 5.26. The zero-order valence-corrected chi connectivity index (χ0v) is 12.5. The Morgan fingerprint density at radius 2 is 1.90 bits per heavy atom. The van der Waals surface area contributed by atoms with Crippen LogP contribution in [0, 0.1) is 0 Å². The first-order valence-corrected chi connectivity index (χ1v) is 7.76. The third kappa shape index (κ3) is 3.02. The second-order valence-corrected chi connectivity index (χ2v) is 6.57. The minimum Gasteiger partial charge on any atom is -0.497 e. The molecule has 0 aromatic heterocycles. The summed E-state index contributed by atoms with van der Waals surface area (Å²) in [7, 11) is -1.22. The number of aliphatic hydroxyl groups is 1. The molecule has 1 N–H and O–H groups in total. The quantitative estimate of drug-likeness (QED) is 0.786. The highest BCUT2D eigenvalue weighted by Crippen LogP contribution is 2.28. The van der Waals surface area contributed by atoms with Crippen molar-refractivity contribution < 1.29 is 27.8 Å². The monoisotopic (exact) mass is 315 g/mol. The van der Waals surface area contributed by atoms with Crippen LogP contribution in [0.15, 0.2) is 29.2 Å². The minimum absolute atomic E-state index is 0.0298. The van der Waals surface area contributed by atoms with Crippen LogP contribution < -0.4 is 4.74 Å². The van der Waals surface area contributed by atoms with Crippen LogP contribution in [0.3, 0.4) is 0 Å². The molecular weight excluding hydrogens is 298 g/mol. The molecule has 1 heterocycles. The number of hydrogen-bond acceptors (Lipinski definition) is 6. The van der Waals surface area contributed by atoms with Crippen LogP contribution in [0.2, 0.25) is 0 Å². The molecule has 0 aliphatic carbocycles. The number of carbonyl (C=O) groups is 1. The summed E-state index contributed by atoms with van der Waals surface area (Å²) in [5.41, 5.74) is 0. The molecule has 21 heavy (non-hydrogen) atoms. The van der Waals surface area contributed by atoms with Gasteiger partial charge in [-0.2, -0.15) is 4.31 Å². The molecule has 1 saturated heterocycles. The van der Waals surface area contributed by atoms with Gasteiger partial charge in [-0.3, -0.25) is 4.79 Å². The van der Waals surface area contributed by atoms with Crippen LogP contribution >= 0.6 is 0 Å². The van der Waals surface area contributed by atoms with Gasteiger partial charge < -0.3 is 14.6 Å². The molecule has 2 rings (SSSR count). The second kappa shape index (κ2) is 6.00. The van der Waals surface area contributed by atoms with Crippen molar-refractivity contribution in [3.63, 3.8) is 0 Å². The summed E-state index contributed by atoms with van der Waals surface area (Å²) in [5, 5.41) is 9.67. The molecule has 1 aromatic rings. The molecule has 8 heteroatoms. The molecule has 0 saturated carbocycles. The minimum atomic E-state index is -3.88. The predicted molar refractivity (Wildman–Crippen MR) is 73.3 cm³/mol. The third-order valence-electron chi connectivity index (χ3n) is 3.37. The van der Waals surface area contributed by atoms with E-state index >= 15 is 0 Å². The van der Waals surface area contributed by atoms with E-state index in [1.165, 1.54) is 38.5 Å². The molecule has 0 spiro atoms. The van der Waals surface area contributed by atoms with Crippen LogP contribution in [0.5, 0.6) is 5.75 Å². The lowest BCUT2D eigenvalue weighted by Crippen LogP contribution is -2.41. The number of β-amino-alcohol motifs (C(OH)–C–C–N with tert-alkyl or cyclic N) is 1. The maximum Gasteiger partial charge on any atom is 0.324 e. The number of carbonyl (C=O) groups excluding carboxylic acids is 1. The van der Waals surface area contributed by atoms with Crippen LogP contribution in [-0.4, -0.2) is 56.7 Å². The molecule has 0 amide bonds. The molecule has 1 unspecified atom stereocenters. The summed E-state index contributed by atoms with van der Waals surface area (Å²) in [6, 6.07) is 4.83. The summed E-state index contributed by atoms with van der Waals surface area (Å²) in [6.07, 6.45) is -0.857. The van der Waals surface area contributed by atoms with E-state index in [-0.39, 0.29) is 17.9 Å². The van der Waals surface area contributed by atoms with Gasteiger partial charge in [0.25, 0.3) is 0 Å². The smallest absolute Gasteiger partial charge is 0.324 e. The molecular formula is C13H17NO6S. The van der Waals surface area contributed by atoms with Crippen molar-refractivity contribution in [1.82, 2.24) is 4.31 Å². The molecule has 1 fully saturated rings. The van der Waals surface area contributed by atoms with Gasteiger partial charge in [-0.25, -0.2) is 8.42 Å². The van der Waals surface area contributed by atoms with Gasteiger partial charge in [0.1, 0.15) is 11.8 Å². The molecule has 7 nitrogen and oxygen atoms in total. The number of rotatable bonds is 4. The standard InChI is InChI=1S/C13H17NO6S/c1-19-10-3-5-11(6-4-10)21(17,18)14-8-9(15)7-12(14)13(16)20-2/h3-6,9,12,15H,7-8H2,1-2H3/t9?,12-/m1/s1. The first-order valence-electron chi connectivity index (χ1n) is 6.32. The Kier molecular flexibility index (Phi) is 4.50. The van der Waals surface area contributed by atoms with E-state index in [0.717, 1.165) is 4.31 Å². The Morgan fingerprint density at radius 1 is 1.29 bits per heavy atom. The summed E-state index contributed by atoms with van der Waals surface area (Å²) in [6.45, 7) is -0.131. The van der Waals surface area contributed by atoms with E-state index in [1.807, 2.05) is 0 Å². The summed E-state index contributed by atoms with van der Waals surface area (Å²) in [4.78, 5) is 11.7. The van der Waals surface area contributed by atoms with Gasteiger partial charge in [0.15, 0.2) is 0 Å². The van der Waals surface area contributed by atoms with Crippen molar-refractivity contribution >= 4 is 16.0 Å². The lowest BCUT2D eigenvalue weighted by molar-refractivity contribution is -0.144. The van der Waals surface area contributed by atoms with Gasteiger partial charge in [0, 0.05) is 13.0 Å². The van der Waals surface area contributed by atoms with Gasteiger partial charge in [0.2, 0.25) is 10.0 Å². The highest BCUT2D eigenvalue weighted by Gasteiger charge is 2.44. The summed E-state index contributed by atoms with van der Waals surface area (Å²) in [5.74, 6) is -0.149. The Morgan fingerprint density at radius 3 is 2.43 bits per heavy atom. The maximum absolute atomic E-state index is 12.6. The van der Waals surface area contributed by atoms with E-state index in [9.17, 15) is 18.3 Å². The zero-order chi connectivity index (χ0) is 15.6. The number of esters is 1. The van der Waals surface area contributed by atoms with Crippen LogP contribution in [0.1, 0.15) is 6.42 Å². The Bertz CT molecular complexity index is 612. The van der Waals surface area contributed by atoms with Crippen molar-refractivity contribution in [2.24, 2.45) is 0 Å². The lowest BCUT2D eigenvalue weighted by Gasteiger charge is -2.21. The van der Waals surface area contributed by atoms with Crippen LogP contribution in [0.25, 0.3) is 0 Å². The van der Waals surface area contributed by atoms with E-state index in [2.05, 4.69) is 4.74 Å². The molecule has 0 radical (unpaired) electrons. The maximum atomic E-state index is 12.6.